The molecule has 2 aromatic rings. The first-order valence-electron chi connectivity index (χ1n) is 5.46. The van der Waals surface area contributed by atoms with Gasteiger partial charge < -0.3 is 5.73 Å². The third-order valence-electron chi connectivity index (χ3n) is 2.79. The number of hydrogen-bond acceptors (Lipinski definition) is 2. The molecule has 0 atom stereocenters. The Balaban J connectivity index is 2.60. The van der Waals surface area contributed by atoms with Gasteiger partial charge in [-0.2, -0.15) is 0 Å². The maximum atomic E-state index is 13.8. The second-order valence-electron chi connectivity index (χ2n) is 4.11. The third-order valence-corrected chi connectivity index (χ3v) is 3.39. The molecule has 98 valence electrons. The molecule has 5 heteroatoms. The molecule has 0 aliphatic heterocycles. The van der Waals surface area contributed by atoms with Crippen LogP contribution in [-0.4, -0.2) is 5.78 Å². The van der Waals surface area contributed by atoms with E-state index in [1.807, 2.05) is 0 Å². The number of benzene rings is 2. The second-order valence-corrected chi connectivity index (χ2v) is 4.97. The highest BCUT2D eigenvalue weighted by Crippen LogP contribution is 2.25. The minimum Gasteiger partial charge on any atom is -0.398 e. The summed E-state index contributed by atoms with van der Waals surface area (Å²) in [7, 11) is 0. The molecule has 0 spiro atoms. The Morgan fingerprint density at radius 1 is 1.21 bits per heavy atom. The van der Waals surface area contributed by atoms with Crippen LogP contribution in [-0.2, 0) is 0 Å². The van der Waals surface area contributed by atoms with Crippen LogP contribution in [0.2, 0.25) is 0 Å². The van der Waals surface area contributed by atoms with Gasteiger partial charge in [0.2, 0.25) is 0 Å². The molecular formula is C14H10BrF2NO. The summed E-state index contributed by atoms with van der Waals surface area (Å²) in [5.41, 5.74) is 6.46. The van der Waals surface area contributed by atoms with Crippen LogP contribution >= 0.6 is 15.9 Å². The SMILES string of the molecule is Cc1cccc(N)c1C(=O)c1cc(F)c(Br)cc1F. The molecule has 19 heavy (non-hydrogen) atoms. The number of ketones is 1. The Morgan fingerprint density at radius 3 is 2.53 bits per heavy atom. The van der Waals surface area contributed by atoms with Crippen molar-refractivity contribution in [2.45, 2.75) is 6.92 Å². The number of anilines is 1. The van der Waals surface area contributed by atoms with Crippen molar-refractivity contribution in [3.63, 3.8) is 0 Å². The van der Waals surface area contributed by atoms with Crippen molar-refractivity contribution in [1.29, 1.82) is 0 Å². The average Bonchev–Trinajstić information content (AvgIpc) is 2.33. The lowest BCUT2D eigenvalue weighted by atomic mass is 9.97. The Labute approximate surface area is 117 Å². The first-order chi connectivity index (χ1) is 8.91. The van der Waals surface area contributed by atoms with E-state index < -0.39 is 17.4 Å². The largest absolute Gasteiger partial charge is 0.398 e. The van der Waals surface area contributed by atoms with Crippen LogP contribution in [0.1, 0.15) is 21.5 Å². The van der Waals surface area contributed by atoms with Gasteiger partial charge in [-0.15, -0.1) is 0 Å². The molecule has 2 N–H and O–H groups in total. The Morgan fingerprint density at radius 2 is 1.89 bits per heavy atom. The van der Waals surface area contributed by atoms with Crippen molar-refractivity contribution in [3.05, 3.63) is 63.1 Å². The summed E-state index contributed by atoms with van der Waals surface area (Å²) < 4.78 is 27.2. The van der Waals surface area contributed by atoms with Gasteiger partial charge >= 0.3 is 0 Å². The van der Waals surface area contributed by atoms with E-state index in [0.29, 0.717) is 5.56 Å². The summed E-state index contributed by atoms with van der Waals surface area (Å²) in [5, 5.41) is 0. The summed E-state index contributed by atoms with van der Waals surface area (Å²) in [5.74, 6) is -2.11. The van der Waals surface area contributed by atoms with Gasteiger partial charge in [-0.05, 0) is 46.6 Å². The molecule has 0 amide bonds. The topological polar surface area (TPSA) is 43.1 Å². The zero-order chi connectivity index (χ0) is 14.2. The van der Waals surface area contributed by atoms with E-state index in [9.17, 15) is 13.6 Å². The fourth-order valence-corrected chi connectivity index (χ4v) is 2.15. The second kappa shape index (κ2) is 5.09. The number of hydrogen-bond donors (Lipinski definition) is 1. The van der Waals surface area contributed by atoms with E-state index >= 15 is 0 Å². The van der Waals surface area contributed by atoms with Crippen molar-refractivity contribution >= 4 is 27.4 Å². The van der Waals surface area contributed by atoms with Crippen LogP contribution in [0.15, 0.2) is 34.8 Å². The number of rotatable bonds is 2. The van der Waals surface area contributed by atoms with Crippen molar-refractivity contribution in [2.24, 2.45) is 0 Å². The molecule has 0 saturated carbocycles. The molecule has 0 saturated heterocycles. The molecule has 0 aliphatic rings. The van der Waals surface area contributed by atoms with E-state index in [-0.39, 0.29) is 21.3 Å². The van der Waals surface area contributed by atoms with E-state index in [0.717, 1.165) is 12.1 Å². The van der Waals surface area contributed by atoms with Gasteiger partial charge in [0.1, 0.15) is 11.6 Å². The zero-order valence-corrected chi connectivity index (χ0v) is 11.6. The smallest absolute Gasteiger partial charge is 0.198 e. The first-order valence-corrected chi connectivity index (χ1v) is 6.25. The van der Waals surface area contributed by atoms with Gasteiger partial charge in [-0.3, -0.25) is 4.79 Å². The van der Waals surface area contributed by atoms with Gasteiger partial charge in [-0.1, -0.05) is 12.1 Å². The molecule has 0 radical (unpaired) electrons. The van der Waals surface area contributed by atoms with Gasteiger partial charge in [0.05, 0.1) is 10.0 Å². The maximum Gasteiger partial charge on any atom is 0.198 e. The summed E-state index contributed by atoms with van der Waals surface area (Å²) in [6.07, 6.45) is 0. The number of halogens is 3. The normalized spacial score (nSPS) is 10.5. The highest BCUT2D eigenvalue weighted by atomic mass is 79.9. The van der Waals surface area contributed by atoms with Crippen molar-refractivity contribution in [1.82, 2.24) is 0 Å². The monoisotopic (exact) mass is 325 g/mol. The molecule has 0 aliphatic carbocycles. The standard InChI is InChI=1S/C14H10BrF2NO/c1-7-3-2-4-12(18)13(7)14(19)8-5-11(17)9(15)6-10(8)16/h2-6H,18H2,1H3. The number of carbonyl (C=O) groups is 1. The van der Waals surface area contributed by atoms with Crippen molar-refractivity contribution in [2.75, 3.05) is 5.73 Å². The highest BCUT2D eigenvalue weighted by molar-refractivity contribution is 9.10. The minimum atomic E-state index is -0.791. The van der Waals surface area contributed by atoms with Gasteiger partial charge in [-0.25, -0.2) is 8.78 Å². The van der Waals surface area contributed by atoms with Crippen LogP contribution < -0.4 is 5.73 Å². The number of carbonyl (C=O) groups excluding carboxylic acids is 1. The predicted octanol–water partition coefficient (Wildman–Crippen LogP) is 3.85. The van der Waals surface area contributed by atoms with E-state index in [2.05, 4.69) is 15.9 Å². The van der Waals surface area contributed by atoms with E-state index in [1.54, 1.807) is 25.1 Å². The molecule has 0 fully saturated rings. The lowest BCUT2D eigenvalue weighted by molar-refractivity contribution is 0.103. The molecule has 0 unspecified atom stereocenters. The number of aryl methyl sites for hydroxylation is 1. The Hall–Kier alpha value is -1.75. The van der Waals surface area contributed by atoms with Crippen LogP contribution in [0.5, 0.6) is 0 Å². The molecule has 2 rings (SSSR count). The summed E-state index contributed by atoms with van der Waals surface area (Å²) in [6, 6.07) is 6.73. The lowest BCUT2D eigenvalue weighted by Gasteiger charge is -2.09. The molecule has 0 heterocycles. The lowest BCUT2D eigenvalue weighted by Crippen LogP contribution is -2.10. The van der Waals surface area contributed by atoms with Crippen molar-refractivity contribution in [3.8, 4) is 0 Å². The Bertz CT molecular complexity index is 650. The summed E-state index contributed by atoms with van der Waals surface area (Å²) in [4.78, 5) is 12.3. The van der Waals surface area contributed by atoms with Gasteiger partial charge in [0, 0.05) is 11.3 Å². The number of nitrogens with two attached hydrogens (primary N) is 1. The quantitative estimate of drug-likeness (QED) is 0.517. The zero-order valence-electron chi connectivity index (χ0n) is 10.0. The molecule has 2 nitrogen and oxygen atoms in total. The van der Waals surface area contributed by atoms with Gasteiger partial charge in [0.15, 0.2) is 5.78 Å². The fraction of sp³-hybridized carbons (Fsp3) is 0.0714. The van der Waals surface area contributed by atoms with Crippen LogP contribution in [0.25, 0.3) is 0 Å². The number of nitrogen functional groups attached to an aromatic ring is 1. The molecular weight excluding hydrogens is 316 g/mol. The van der Waals surface area contributed by atoms with E-state index in [4.69, 9.17) is 5.73 Å². The van der Waals surface area contributed by atoms with Crippen LogP contribution in [0.3, 0.4) is 0 Å². The molecule has 0 bridgehead atoms. The highest BCUT2D eigenvalue weighted by Gasteiger charge is 2.20. The minimum absolute atomic E-state index is 0.0284. The fourth-order valence-electron chi connectivity index (χ4n) is 1.83. The van der Waals surface area contributed by atoms with Crippen molar-refractivity contribution < 1.29 is 13.6 Å². The van der Waals surface area contributed by atoms with Gasteiger partial charge in [0.25, 0.3) is 0 Å². The summed E-state index contributed by atoms with van der Waals surface area (Å²) in [6.45, 7) is 1.69. The molecule has 0 aromatic heterocycles. The van der Waals surface area contributed by atoms with Crippen LogP contribution in [0.4, 0.5) is 14.5 Å². The predicted molar refractivity (Wildman–Crippen MR) is 73.1 cm³/mol. The molecule has 2 aromatic carbocycles. The van der Waals surface area contributed by atoms with Crippen LogP contribution in [0, 0.1) is 18.6 Å². The average molecular weight is 326 g/mol. The first kappa shape index (κ1) is 13.7. The maximum absolute atomic E-state index is 13.8. The Kier molecular flexibility index (Phi) is 3.66. The third kappa shape index (κ3) is 2.51. The summed E-state index contributed by atoms with van der Waals surface area (Å²) >= 11 is 2.86. The van der Waals surface area contributed by atoms with E-state index in [1.165, 1.54) is 0 Å².